The third kappa shape index (κ3) is 3.48. The zero-order valence-corrected chi connectivity index (χ0v) is 13.1. The number of aromatic nitrogens is 4. The van der Waals surface area contributed by atoms with Crippen molar-refractivity contribution in [2.24, 2.45) is 0 Å². The normalized spacial score (nSPS) is 11.7. The maximum absolute atomic E-state index is 12.9. The van der Waals surface area contributed by atoms with Gasteiger partial charge in [-0.05, 0) is 18.2 Å². The van der Waals surface area contributed by atoms with E-state index in [4.69, 9.17) is 17.3 Å². The topological polar surface area (TPSA) is 98.2 Å². The van der Waals surface area contributed by atoms with Gasteiger partial charge in [-0.1, -0.05) is 11.6 Å². The van der Waals surface area contributed by atoms with Crippen molar-refractivity contribution >= 4 is 28.8 Å². The molecule has 0 aliphatic rings. The highest BCUT2D eigenvalue weighted by Crippen LogP contribution is 2.32. The van der Waals surface area contributed by atoms with Crippen LogP contribution in [0, 0.1) is 0 Å². The Balaban J connectivity index is 1.87. The van der Waals surface area contributed by atoms with Crippen molar-refractivity contribution in [1.82, 2.24) is 24.9 Å². The zero-order valence-electron chi connectivity index (χ0n) is 12.4. The number of nitrogens with two attached hydrogens (primary N) is 1. The maximum Gasteiger partial charge on any atom is 0.417 e. The lowest BCUT2D eigenvalue weighted by Crippen LogP contribution is -2.25. The van der Waals surface area contributed by atoms with E-state index in [9.17, 15) is 18.0 Å². The minimum Gasteiger partial charge on any atom is -0.399 e. The fraction of sp³-hybridized carbons (Fsp3) is 0.143. The number of nitrogens with one attached hydrogen (secondary N) is 1. The van der Waals surface area contributed by atoms with Crippen LogP contribution in [-0.2, 0) is 12.7 Å². The summed E-state index contributed by atoms with van der Waals surface area (Å²) >= 11 is 5.82. The molecule has 1 amide bonds. The molecule has 130 valence electrons. The van der Waals surface area contributed by atoms with Crippen LogP contribution in [0.5, 0.6) is 0 Å². The summed E-state index contributed by atoms with van der Waals surface area (Å²) < 4.78 is 39.8. The van der Waals surface area contributed by atoms with Crippen LogP contribution in [0.4, 0.5) is 18.9 Å². The number of nitrogens with zero attached hydrogens (tertiary/aromatic N) is 4. The number of hydrogen-bond acceptors (Lipinski definition) is 5. The predicted molar refractivity (Wildman–Crippen MR) is 82.8 cm³/mol. The fourth-order valence-corrected chi connectivity index (χ4v) is 2.34. The van der Waals surface area contributed by atoms with Gasteiger partial charge in [0, 0.05) is 18.1 Å². The molecule has 0 spiro atoms. The van der Waals surface area contributed by atoms with Gasteiger partial charge in [0.25, 0.3) is 5.91 Å². The summed E-state index contributed by atoms with van der Waals surface area (Å²) in [4.78, 5) is 15.9. The van der Waals surface area contributed by atoms with Crippen LogP contribution in [0.2, 0.25) is 5.02 Å². The Morgan fingerprint density at radius 2 is 2.08 bits per heavy atom. The van der Waals surface area contributed by atoms with Gasteiger partial charge in [-0.15, -0.1) is 10.2 Å². The highest BCUT2D eigenvalue weighted by Gasteiger charge is 2.32. The largest absolute Gasteiger partial charge is 0.417 e. The van der Waals surface area contributed by atoms with Crippen LogP contribution in [-0.4, -0.2) is 25.5 Å². The predicted octanol–water partition coefficient (Wildman–Crippen LogP) is 2.31. The molecule has 3 rings (SSSR count). The van der Waals surface area contributed by atoms with E-state index in [0.717, 1.165) is 16.7 Å². The first-order valence-electron chi connectivity index (χ1n) is 6.86. The van der Waals surface area contributed by atoms with Crippen molar-refractivity contribution in [2.75, 3.05) is 5.73 Å². The summed E-state index contributed by atoms with van der Waals surface area (Å²) in [7, 11) is 0. The quantitative estimate of drug-likeness (QED) is 0.737. The highest BCUT2D eigenvalue weighted by atomic mass is 35.5. The molecule has 0 saturated carbocycles. The smallest absolute Gasteiger partial charge is 0.399 e. The Bertz CT molecular complexity index is 955. The van der Waals surface area contributed by atoms with E-state index in [1.807, 2.05) is 0 Å². The van der Waals surface area contributed by atoms with Crippen LogP contribution < -0.4 is 11.1 Å². The number of amides is 1. The molecular formula is C14H10ClF3N6O. The molecule has 0 bridgehead atoms. The molecule has 0 radical (unpaired) electrons. The van der Waals surface area contributed by atoms with Gasteiger partial charge in [0.1, 0.15) is 5.69 Å². The molecule has 0 aliphatic carbocycles. The number of carbonyl (C=O) groups is 1. The second kappa shape index (κ2) is 6.20. The van der Waals surface area contributed by atoms with E-state index in [2.05, 4.69) is 20.5 Å². The standard InChI is InChI=1S/C14H10ClF3N6O/c15-9-3-7(14(16,17)18)6-24-11(22-23-12(9)24)5-21-13(25)10-4-8(19)1-2-20-10/h1-4,6H,5H2,(H2,19,20)(H,21,25). The van der Waals surface area contributed by atoms with E-state index in [0.29, 0.717) is 5.69 Å². The lowest BCUT2D eigenvalue weighted by Gasteiger charge is -2.09. The Hall–Kier alpha value is -2.88. The summed E-state index contributed by atoms with van der Waals surface area (Å²) in [5.41, 5.74) is 5.10. The molecule has 0 atom stereocenters. The number of halogens is 4. The van der Waals surface area contributed by atoms with Crippen molar-refractivity contribution in [3.05, 3.63) is 52.7 Å². The third-order valence-electron chi connectivity index (χ3n) is 3.28. The van der Waals surface area contributed by atoms with E-state index in [1.54, 1.807) is 0 Å². The first kappa shape index (κ1) is 17.0. The van der Waals surface area contributed by atoms with Crippen LogP contribution in [0.15, 0.2) is 30.6 Å². The monoisotopic (exact) mass is 370 g/mol. The molecule has 0 saturated heterocycles. The lowest BCUT2D eigenvalue weighted by atomic mass is 10.2. The zero-order chi connectivity index (χ0) is 18.2. The van der Waals surface area contributed by atoms with Gasteiger partial charge in [0.2, 0.25) is 0 Å². The van der Waals surface area contributed by atoms with Crippen molar-refractivity contribution in [3.8, 4) is 0 Å². The van der Waals surface area contributed by atoms with E-state index in [-0.39, 0.29) is 28.7 Å². The van der Waals surface area contributed by atoms with Gasteiger partial charge >= 0.3 is 6.18 Å². The van der Waals surface area contributed by atoms with Crippen molar-refractivity contribution in [1.29, 1.82) is 0 Å². The molecular weight excluding hydrogens is 361 g/mol. The molecule has 25 heavy (non-hydrogen) atoms. The number of carbonyl (C=O) groups excluding carboxylic acids is 1. The number of fused-ring (bicyclic) bond motifs is 1. The number of pyridine rings is 2. The van der Waals surface area contributed by atoms with E-state index in [1.165, 1.54) is 18.3 Å². The number of rotatable bonds is 3. The first-order valence-corrected chi connectivity index (χ1v) is 7.23. The average Bonchev–Trinajstić information content (AvgIpc) is 2.95. The highest BCUT2D eigenvalue weighted by molar-refractivity contribution is 6.33. The van der Waals surface area contributed by atoms with E-state index < -0.39 is 17.6 Å². The van der Waals surface area contributed by atoms with E-state index >= 15 is 0 Å². The third-order valence-corrected chi connectivity index (χ3v) is 3.56. The van der Waals surface area contributed by atoms with Crippen molar-refractivity contribution in [3.63, 3.8) is 0 Å². The van der Waals surface area contributed by atoms with Crippen molar-refractivity contribution in [2.45, 2.75) is 12.7 Å². The molecule has 0 aromatic carbocycles. The van der Waals surface area contributed by atoms with Crippen LogP contribution >= 0.6 is 11.6 Å². The minimum atomic E-state index is -4.58. The molecule has 0 aliphatic heterocycles. The molecule has 0 fully saturated rings. The summed E-state index contributed by atoms with van der Waals surface area (Å²) in [5.74, 6) is -0.470. The first-order chi connectivity index (χ1) is 11.8. The van der Waals surface area contributed by atoms with Crippen molar-refractivity contribution < 1.29 is 18.0 Å². The minimum absolute atomic E-state index is 0.0565. The Morgan fingerprint density at radius 1 is 1.32 bits per heavy atom. The number of alkyl halides is 3. The lowest BCUT2D eigenvalue weighted by molar-refractivity contribution is -0.137. The number of nitrogen functional groups attached to an aromatic ring is 1. The van der Waals surface area contributed by atoms with Gasteiger partial charge < -0.3 is 11.1 Å². The Morgan fingerprint density at radius 3 is 2.76 bits per heavy atom. The molecule has 3 heterocycles. The second-order valence-corrected chi connectivity index (χ2v) is 5.45. The number of anilines is 1. The molecule has 11 heteroatoms. The SMILES string of the molecule is Nc1ccnc(C(=O)NCc2nnc3c(Cl)cc(C(F)(F)F)cn23)c1. The van der Waals surface area contributed by atoms with Gasteiger partial charge in [-0.25, -0.2) is 0 Å². The molecule has 3 aromatic rings. The fourth-order valence-electron chi connectivity index (χ4n) is 2.10. The molecule has 7 nitrogen and oxygen atoms in total. The molecule has 3 N–H and O–H groups in total. The molecule has 3 aromatic heterocycles. The summed E-state index contributed by atoms with van der Waals surface area (Å²) in [5, 5.41) is 9.79. The van der Waals surface area contributed by atoms with Gasteiger partial charge in [-0.3, -0.25) is 14.2 Å². The van der Waals surface area contributed by atoms with Gasteiger partial charge in [0.15, 0.2) is 11.5 Å². The van der Waals surface area contributed by atoms with Gasteiger partial charge in [0.05, 0.1) is 17.1 Å². The maximum atomic E-state index is 12.9. The van der Waals surface area contributed by atoms with Crippen LogP contribution in [0.1, 0.15) is 21.9 Å². The van der Waals surface area contributed by atoms with Crippen LogP contribution in [0.25, 0.3) is 5.65 Å². The summed E-state index contributed by atoms with van der Waals surface area (Å²) in [6.45, 7) is -0.173. The summed E-state index contributed by atoms with van der Waals surface area (Å²) in [6, 6.07) is 3.66. The Kier molecular flexibility index (Phi) is 4.21. The van der Waals surface area contributed by atoms with Crippen LogP contribution in [0.3, 0.4) is 0 Å². The van der Waals surface area contributed by atoms with Gasteiger partial charge in [-0.2, -0.15) is 13.2 Å². The second-order valence-electron chi connectivity index (χ2n) is 5.04. The molecule has 0 unspecified atom stereocenters. The Labute approximate surface area is 143 Å². The average molecular weight is 371 g/mol. The number of hydrogen-bond donors (Lipinski definition) is 2. The summed E-state index contributed by atoms with van der Waals surface area (Å²) in [6.07, 6.45) is -2.39.